The number of aliphatic hydroxyl groups is 1. The number of fused-ring (bicyclic) bond motifs is 1. The smallest absolute Gasteiger partial charge is 0.303 e. The van der Waals surface area contributed by atoms with Gasteiger partial charge >= 0.3 is 5.97 Å². The monoisotopic (exact) mass is 597 g/mol. The molecule has 0 spiro atoms. The van der Waals surface area contributed by atoms with Gasteiger partial charge in [-0.1, -0.05) is 77.8 Å². The number of aliphatic hydroxyl groups excluding tert-OH is 1. The van der Waals surface area contributed by atoms with Crippen molar-refractivity contribution >= 4 is 74.6 Å². The molecule has 1 saturated carbocycles. The van der Waals surface area contributed by atoms with E-state index in [9.17, 15) is 15.0 Å². The number of carboxylic acids is 1. The summed E-state index contributed by atoms with van der Waals surface area (Å²) in [5, 5.41) is 19.9. The Bertz CT molecular complexity index is 1510. The fourth-order valence-corrected chi connectivity index (χ4v) is 7.79. The number of nitrogens with zero attached hydrogens (tertiary/aromatic N) is 1. The summed E-state index contributed by atoms with van der Waals surface area (Å²) in [6.07, 6.45) is 7.96. The zero-order valence-corrected chi connectivity index (χ0v) is 24.4. The van der Waals surface area contributed by atoms with E-state index in [2.05, 4.69) is 41.4 Å². The highest BCUT2D eigenvalue weighted by molar-refractivity contribution is 7.99. The molecule has 8 heteroatoms. The molecule has 4 nitrogen and oxygen atoms in total. The van der Waals surface area contributed by atoms with Crippen LogP contribution in [0.25, 0.3) is 22.4 Å². The van der Waals surface area contributed by atoms with Gasteiger partial charge in [-0.25, -0.2) is 4.98 Å². The quantitative estimate of drug-likeness (QED) is 0.170. The summed E-state index contributed by atoms with van der Waals surface area (Å²) in [5.41, 5.74) is 5.84. The van der Waals surface area contributed by atoms with Gasteiger partial charge in [0.05, 0.1) is 28.4 Å². The van der Waals surface area contributed by atoms with E-state index in [1.54, 1.807) is 0 Å². The summed E-state index contributed by atoms with van der Waals surface area (Å²) in [5.74, 6) is 0.117. The summed E-state index contributed by atoms with van der Waals surface area (Å²) >= 11 is 15.8. The van der Waals surface area contributed by atoms with Gasteiger partial charge in [-0.2, -0.15) is 11.8 Å². The predicted octanol–water partition coefficient (Wildman–Crippen LogP) is 8.93. The van der Waals surface area contributed by atoms with Crippen molar-refractivity contribution in [2.45, 2.75) is 44.0 Å². The van der Waals surface area contributed by atoms with Crippen LogP contribution in [0.2, 0.25) is 9.36 Å². The van der Waals surface area contributed by atoms with Crippen LogP contribution in [0, 0.1) is 5.41 Å². The van der Waals surface area contributed by atoms with Crippen molar-refractivity contribution in [3.05, 3.63) is 98.0 Å². The lowest BCUT2D eigenvalue weighted by atomic mass is 9.99. The summed E-state index contributed by atoms with van der Waals surface area (Å²) < 4.78 is 1.51. The van der Waals surface area contributed by atoms with Crippen LogP contribution in [0.1, 0.15) is 58.9 Å². The van der Waals surface area contributed by atoms with E-state index < -0.39 is 5.97 Å². The topological polar surface area (TPSA) is 70.4 Å². The van der Waals surface area contributed by atoms with Crippen molar-refractivity contribution in [2.24, 2.45) is 5.41 Å². The van der Waals surface area contributed by atoms with Crippen molar-refractivity contribution in [2.75, 3.05) is 5.75 Å². The molecule has 0 bridgehead atoms. The molecule has 0 amide bonds. The number of pyridine rings is 1. The number of aliphatic carboxylic acids is 1. The van der Waals surface area contributed by atoms with Gasteiger partial charge in [-0.15, -0.1) is 11.3 Å². The highest BCUT2D eigenvalue weighted by Crippen LogP contribution is 2.53. The molecule has 39 heavy (non-hydrogen) atoms. The van der Waals surface area contributed by atoms with Gasteiger partial charge < -0.3 is 10.2 Å². The van der Waals surface area contributed by atoms with E-state index in [0.717, 1.165) is 64.0 Å². The van der Waals surface area contributed by atoms with Crippen LogP contribution < -0.4 is 0 Å². The molecule has 1 fully saturated rings. The lowest BCUT2D eigenvalue weighted by Crippen LogP contribution is -2.12. The Hall–Kier alpha value is -2.35. The zero-order chi connectivity index (χ0) is 27.4. The normalized spacial score (nSPS) is 15.2. The molecule has 202 valence electrons. The lowest BCUT2D eigenvalue weighted by Gasteiger charge is -2.21. The number of carboxylic acid groups (broad SMARTS) is 1. The molecule has 1 aliphatic rings. The first kappa shape index (κ1) is 28.2. The molecule has 1 aliphatic carbocycles. The van der Waals surface area contributed by atoms with Crippen LogP contribution in [0.4, 0.5) is 0 Å². The zero-order valence-electron chi connectivity index (χ0n) is 21.3. The third-order valence-electron chi connectivity index (χ3n) is 7.23. The maximum atomic E-state index is 11.4. The lowest BCUT2D eigenvalue weighted by molar-refractivity contribution is -0.138. The van der Waals surface area contributed by atoms with Gasteiger partial charge in [0.25, 0.3) is 0 Å². The maximum absolute atomic E-state index is 11.4. The Morgan fingerprint density at radius 2 is 1.87 bits per heavy atom. The SMILES string of the molecule is O=C(O)CC1(CS[C@H](CCc2ccccc2CO)c2cccc(/C=C/c3ccc4sc(Cl)c(Cl)c4n3)c2)CC1. The fraction of sp³-hybridized carbons (Fsp3) is 0.290. The molecule has 2 aromatic heterocycles. The van der Waals surface area contributed by atoms with Gasteiger partial charge in [-0.05, 0) is 71.6 Å². The number of aryl methyl sites for hydroxylation is 1. The maximum Gasteiger partial charge on any atom is 0.303 e. The number of aromatic nitrogens is 1. The molecule has 0 aliphatic heterocycles. The van der Waals surface area contributed by atoms with Gasteiger partial charge in [0.2, 0.25) is 0 Å². The molecular weight excluding hydrogens is 569 g/mol. The van der Waals surface area contributed by atoms with E-state index in [-0.39, 0.29) is 23.7 Å². The van der Waals surface area contributed by atoms with Gasteiger partial charge in [-0.3, -0.25) is 4.79 Å². The predicted molar refractivity (Wildman–Crippen MR) is 165 cm³/mol. The van der Waals surface area contributed by atoms with Crippen LogP contribution in [0.5, 0.6) is 0 Å². The number of carbonyl (C=O) groups is 1. The van der Waals surface area contributed by atoms with Crippen LogP contribution in [-0.2, 0) is 17.8 Å². The van der Waals surface area contributed by atoms with Crippen LogP contribution in [0.15, 0.2) is 60.7 Å². The van der Waals surface area contributed by atoms with Crippen LogP contribution in [-0.4, -0.2) is 26.9 Å². The number of thioether (sulfide) groups is 1. The number of halogens is 2. The molecule has 0 unspecified atom stereocenters. The summed E-state index contributed by atoms with van der Waals surface area (Å²) in [7, 11) is 0. The third kappa shape index (κ3) is 7.05. The van der Waals surface area contributed by atoms with E-state index in [4.69, 9.17) is 23.2 Å². The number of benzene rings is 2. The Morgan fingerprint density at radius 3 is 2.62 bits per heavy atom. The Morgan fingerprint density at radius 1 is 1.08 bits per heavy atom. The highest BCUT2D eigenvalue weighted by Gasteiger charge is 2.44. The largest absolute Gasteiger partial charge is 0.481 e. The third-order valence-corrected chi connectivity index (χ3v) is 10.8. The second kappa shape index (κ2) is 12.4. The first-order valence-electron chi connectivity index (χ1n) is 12.9. The molecule has 5 rings (SSSR count). The Kier molecular flexibility index (Phi) is 8.99. The van der Waals surface area contributed by atoms with Crippen molar-refractivity contribution in [3.8, 4) is 0 Å². The van der Waals surface area contributed by atoms with E-state index in [1.165, 1.54) is 16.9 Å². The molecule has 2 heterocycles. The molecule has 1 atom stereocenters. The minimum Gasteiger partial charge on any atom is -0.481 e. The molecular formula is C31H29Cl2NO3S2. The minimum absolute atomic E-state index is 0.0264. The average Bonchev–Trinajstić information content (AvgIpc) is 3.64. The van der Waals surface area contributed by atoms with E-state index >= 15 is 0 Å². The first-order valence-corrected chi connectivity index (χ1v) is 15.5. The highest BCUT2D eigenvalue weighted by atomic mass is 35.5. The average molecular weight is 599 g/mol. The molecule has 4 aromatic rings. The minimum atomic E-state index is -0.716. The summed E-state index contributed by atoms with van der Waals surface area (Å²) in [6, 6.07) is 20.5. The number of rotatable bonds is 12. The van der Waals surface area contributed by atoms with Crippen LogP contribution in [0.3, 0.4) is 0 Å². The van der Waals surface area contributed by atoms with Gasteiger partial charge in [0.15, 0.2) is 0 Å². The molecule has 0 saturated heterocycles. The van der Waals surface area contributed by atoms with E-state index in [1.807, 2.05) is 48.2 Å². The molecule has 2 aromatic carbocycles. The second-order valence-electron chi connectivity index (χ2n) is 10.1. The standard InChI is InChI=1S/C31H29Cl2NO3S2/c32-28-29-26(39-30(28)33)13-11-24(34-29)10-8-20-4-3-7-22(16-20)25(38-19-31(14-15-31)17-27(36)37)12-9-21-5-1-2-6-23(21)18-35/h1-8,10-11,13,16,25,35H,9,12,14-15,17-19H2,(H,36,37)/b10-8+/t25-/m1/s1. The molecule has 0 radical (unpaired) electrons. The summed E-state index contributed by atoms with van der Waals surface area (Å²) in [4.78, 5) is 16.1. The summed E-state index contributed by atoms with van der Waals surface area (Å²) in [6.45, 7) is 0.0264. The Labute approximate surface area is 246 Å². The van der Waals surface area contributed by atoms with Crippen molar-refractivity contribution < 1.29 is 15.0 Å². The van der Waals surface area contributed by atoms with Gasteiger partial charge in [0, 0.05) is 11.0 Å². The van der Waals surface area contributed by atoms with Crippen molar-refractivity contribution in [1.29, 1.82) is 0 Å². The molecule has 2 N–H and O–H groups in total. The fourth-order valence-electron chi connectivity index (χ4n) is 4.81. The Balaban J connectivity index is 1.36. The number of thiophene rings is 1. The van der Waals surface area contributed by atoms with Crippen LogP contribution >= 0.6 is 46.3 Å². The van der Waals surface area contributed by atoms with E-state index in [0.29, 0.717) is 9.36 Å². The first-order chi connectivity index (χ1) is 18.9. The van der Waals surface area contributed by atoms with Gasteiger partial charge in [0.1, 0.15) is 9.85 Å². The van der Waals surface area contributed by atoms with Crippen molar-refractivity contribution in [3.63, 3.8) is 0 Å². The van der Waals surface area contributed by atoms with Crippen molar-refractivity contribution in [1.82, 2.24) is 4.98 Å². The second-order valence-corrected chi connectivity index (χ2v) is 13.3. The number of hydrogen-bond donors (Lipinski definition) is 2. The number of hydrogen-bond acceptors (Lipinski definition) is 5.